The van der Waals surface area contributed by atoms with E-state index in [1.165, 1.54) is 29.5 Å². The molecule has 0 unspecified atom stereocenters. The number of nitrogens with one attached hydrogen (secondary N) is 1. The van der Waals surface area contributed by atoms with Crippen LogP contribution >= 0.6 is 22.9 Å². The van der Waals surface area contributed by atoms with Crippen molar-refractivity contribution >= 4 is 33.0 Å². The van der Waals surface area contributed by atoms with E-state index in [-0.39, 0.29) is 22.0 Å². The van der Waals surface area contributed by atoms with Crippen molar-refractivity contribution in [1.29, 1.82) is 5.26 Å². The SMILES string of the molecule is N#Cc1ccc(S(=O)(=O)NCc2cncs2)cc1Cl. The molecule has 0 radical (unpaired) electrons. The van der Waals surface area contributed by atoms with Crippen LogP contribution in [0, 0.1) is 11.3 Å². The number of aromatic nitrogens is 1. The molecular formula is C11H8ClN3O2S2. The average molecular weight is 314 g/mol. The highest BCUT2D eigenvalue weighted by Crippen LogP contribution is 2.20. The summed E-state index contributed by atoms with van der Waals surface area (Å²) in [7, 11) is -3.65. The number of halogens is 1. The van der Waals surface area contributed by atoms with Crippen molar-refractivity contribution in [2.45, 2.75) is 11.4 Å². The van der Waals surface area contributed by atoms with Crippen LogP contribution in [-0.4, -0.2) is 13.4 Å². The van der Waals surface area contributed by atoms with Crippen LogP contribution in [0.25, 0.3) is 0 Å². The van der Waals surface area contributed by atoms with Crippen LogP contribution in [-0.2, 0) is 16.6 Å². The minimum absolute atomic E-state index is 0.0287. The van der Waals surface area contributed by atoms with Gasteiger partial charge in [0.15, 0.2) is 0 Å². The molecule has 2 rings (SSSR count). The number of nitrogens with zero attached hydrogens (tertiary/aromatic N) is 2. The van der Waals surface area contributed by atoms with Crippen molar-refractivity contribution in [2.75, 3.05) is 0 Å². The van der Waals surface area contributed by atoms with Gasteiger partial charge in [-0.15, -0.1) is 11.3 Å². The minimum Gasteiger partial charge on any atom is -0.253 e. The predicted molar refractivity (Wildman–Crippen MR) is 72.3 cm³/mol. The van der Waals surface area contributed by atoms with Crippen LogP contribution in [0.3, 0.4) is 0 Å². The monoisotopic (exact) mass is 313 g/mol. The summed E-state index contributed by atoms with van der Waals surface area (Å²) in [4.78, 5) is 4.70. The Balaban J connectivity index is 2.20. The van der Waals surface area contributed by atoms with E-state index < -0.39 is 10.0 Å². The second-order valence-corrected chi connectivity index (χ2v) is 6.69. The van der Waals surface area contributed by atoms with E-state index in [0.717, 1.165) is 4.88 Å². The highest BCUT2D eigenvalue weighted by molar-refractivity contribution is 7.89. The number of hydrogen-bond donors (Lipinski definition) is 1. The van der Waals surface area contributed by atoms with Crippen LogP contribution < -0.4 is 4.72 Å². The fourth-order valence-corrected chi connectivity index (χ4v) is 3.28. The Bertz CT molecular complexity index is 721. The third kappa shape index (κ3) is 3.30. The molecule has 0 saturated heterocycles. The maximum Gasteiger partial charge on any atom is 0.240 e. The molecule has 19 heavy (non-hydrogen) atoms. The number of sulfonamides is 1. The first-order chi connectivity index (χ1) is 9.03. The zero-order valence-electron chi connectivity index (χ0n) is 9.50. The van der Waals surface area contributed by atoms with E-state index in [9.17, 15) is 8.42 Å². The van der Waals surface area contributed by atoms with Crippen LogP contribution in [0.1, 0.15) is 10.4 Å². The number of hydrogen-bond acceptors (Lipinski definition) is 5. The number of rotatable bonds is 4. The largest absolute Gasteiger partial charge is 0.253 e. The lowest BCUT2D eigenvalue weighted by atomic mass is 10.2. The van der Waals surface area contributed by atoms with E-state index in [0.29, 0.717) is 0 Å². The van der Waals surface area contributed by atoms with E-state index in [1.54, 1.807) is 11.7 Å². The smallest absolute Gasteiger partial charge is 0.240 e. The average Bonchev–Trinajstić information content (AvgIpc) is 2.89. The lowest BCUT2D eigenvalue weighted by Gasteiger charge is -2.06. The van der Waals surface area contributed by atoms with Crippen LogP contribution in [0.5, 0.6) is 0 Å². The van der Waals surface area contributed by atoms with Gasteiger partial charge in [0, 0.05) is 17.6 Å². The molecule has 0 spiro atoms. The fraction of sp³-hybridized carbons (Fsp3) is 0.0909. The van der Waals surface area contributed by atoms with Gasteiger partial charge in [-0.2, -0.15) is 5.26 Å². The molecule has 1 aromatic heterocycles. The van der Waals surface area contributed by atoms with Crippen molar-refractivity contribution in [3.8, 4) is 6.07 Å². The van der Waals surface area contributed by atoms with Gasteiger partial charge in [0.1, 0.15) is 6.07 Å². The van der Waals surface area contributed by atoms with Crippen molar-refractivity contribution in [2.24, 2.45) is 0 Å². The Morgan fingerprint density at radius 1 is 1.47 bits per heavy atom. The zero-order chi connectivity index (χ0) is 13.9. The minimum atomic E-state index is -3.65. The van der Waals surface area contributed by atoms with Gasteiger partial charge in [-0.3, -0.25) is 4.98 Å². The molecule has 5 nitrogen and oxygen atoms in total. The second kappa shape index (κ2) is 5.67. The Kier molecular flexibility index (Phi) is 4.17. The Labute approximate surface area is 119 Å². The van der Waals surface area contributed by atoms with Crippen LogP contribution in [0.2, 0.25) is 5.02 Å². The standard InChI is InChI=1S/C11H8ClN3O2S2/c12-11-3-10(2-1-8(11)4-13)19(16,17)15-6-9-5-14-7-18-9/h1-3,5,7,15H,6H2. The number of benzene rings is 1. The van der Waals surface area contributed by atoms with E-state index in [4.69, 9.17) is 16.9 Å². The topological polar surface area (TPSA) is 82.8 Å². The first-order valence-electron chi connectivity index (χ1n) is 5.09. The third-order valence-corrected chi connectivity index (χ3v) is 4.78. The molecule has 98 valence electrons. The molecule has 0 aliphatic carbocycles. The van der Waals surface area contributed by atoms with Gasteiger partial charge < -0.3 is 0 Å². The molecule has 1 heterocycles. The number of thiazole rings is 1. The normalized spacial score (nSPS) is 11.2. The molecule has 0 aliphatic rings. The molecule has 1 N–H and O–H groups in total. The molecule has 0 saturated carbocycles. The molecule has 0 fully saturated rings. The van der Waals surface area contributed by atoms with Crippen LogP contribution in [0.15, 0.2) is 34.8 Å². The third-order valence-electron chi connectivity index (χ3n) is 2.29. The summed E-state index contributed by atoms with van der Waals surface area (Å²) in [5.74, 6) is 0. The molecule has 0 atom stereocenters. The predicted octanol–water partition coefficient (Wildman–Crippen LogP) is 2.15. The number of nitriles is 1. The first-order valence-corrected chi connectivity index (χ1v) is 7.83. The Morgan fingerprint density at radius 2 is 2.26 bits per heavy atom. The summed E-state index contributed by atoms with van der Waals surface area (Å²) in [6.07, 6.45) is 1.60. The van der Waals surface area contributed by atoms with Crippen LogP contribution in [0.4, 0.5) is 0 Å². The van der Waals surface area contributed by atoms with Gasteiger partial charge in [0.05, 0.1) is 21.0 Å². The van der Waals surface area contributed by atoms with E-state index in [2.05, 4.69) is 9.71 Å². The quantitative estimate of drug-likeness (QED) is 0.937. The summed E-state index contributed by atoms with van der Waals surface area (Å²) in [6.45, 7) is 0.171. The van der Waals surface area contributed by atoms with Gasteiger partial charge in [0.25, 0.3) is 0 Å². The highest BCUT2D eigenvalue weighted by Gasteiger charge is 2.15. The van der Waals surface area contributed by atoms with Crippen molar-refractivity contribution in [3.05, 3.63) is 45.4 Å². The van der Waals surface area contributed by atoms with Gasteiger partial charge in [-0.25, -0.2) is 13.1 Å². The highest BCUT2D eigenvalue weighted by atomic mass is 35.5. The molecule has 1 aromatic carbocycles. The van der Waals surface area contributed by atoms with Gasteiger partial charge in [0.2, 0.25) is 10.0 Å². The molecular weight excluding hydrogens is 306 g/mol. The first kappa shape index (κ1) is 14.0. The zero-order valence-corrected chi connectivity index (χ0v) is 11.9. The second-order valence-electron chi connectivity index (χ2n) is 3.55. The summed E-state index contributed by atoms with van der Waals surface area (Å²) in [5, 5.41) is 8.85. The van der Waals surface area contributed by atoms with Gasteiger partial charge >= 0.3 is 0 Å². The molecule has 8 heteroatoms. The van der Waals surface area contributed by atoms with Gasteiger partial charge in [-0.1, -0.05) is 11.6 Å². The Hall–Kier alpha value is -1.46. The van der Waals surface area contributed by atoms with Crippen molar-refractivity contribution < 1.29 is 8.42 Å². The maximum atomic E-state index is 12.0. The molecule has 0 aliphatic heterocycles. The Morgan fingerprint density at radius 3 is 2.84 bits per heavy atom. The lowest BCUT2D eigenvalue weighted by molar-refractivity contribution is 0.582. The summed E-state index contributed by atoms with van der Waals surface area (Å²) < 4.78 is 26.5. The van der Waals surface area contributed by atoms with Crippen molar-refractivity contribution in [1.82, 2.24) is 9.71 Å². The summed E-state index contributed by atoms with van der Waals surface area (Å²) in [6, 6.07) is 5.86. The fourth-order valence-electron chi connectivity index (χ4n) is 1.33. The lowest BCUT2D eigenvalue weighted by Crippen LogP contribution is -2.22. The molecule has 2 aromatic rings. The van der Waals surface area contributed by atoms with Crippen molar-refractivity contribution in [3.63, 3.8) is 0 Å². The van der Waals surface area contributed by atoms with Gasteiger partial charge in [-0.05, 0) is 18.2 Å². The molecule has 0 bridgehead atoms. The summed E-state index contributed by atoms with van der Waals surface area (Å²) in [5.41, 5.74) is 1.87. The van der Waals surface area contributed by atoms with E-state index in [1.807, 2.05) is 6.07 Å². The van der Waals surface area contributed by atoms with E-state index >= 15 is 0 Å². The maximum absolute atomic E-state index is 12.0. The molecule has 0 amide bonds. The summed E-state index contributed by atoms with van der Waals surface area (Å²) >= 11 is 7.17.